The van der Waals surface area contributed by atoms with Crippen LogP contribution in [0.5, 0.6) is 0 Å². The van der Waals surface area contributed by atoms with Crippen LogP contribution in [0.2, 0.25) is 5.02 Å². The molecular formula is C35H40ClF3N2O5S. The molecule has 12 heteroatoms. The molecule has 2 aliphatic carbocycles. The third kappa shape index (κ3) is 7.54. The first kappa shape index (κ1) is 35.3. The third-order valence-corrected chi connectivity index (χ3v) is 12.9. The van der Waals surface area contributed by atoms with E-state index in [9.17, 15) is 31.5 Å². The lowest BCUT2D eigenvalue weighted by molar-refractivity contribution is -0.175. The molecule has 254 valence electrons. The van der Waals surface area contributed by atoms with Gasteiger partial charge in [0.2, 0.25) is 0 Å². The smallest absolute Gasteiger partial charge is 0.255 e. The molecule has 0 heterocycles. The van der Waals surface area contributed by atoms with E-state index in [1.807, 2.05) is 44.3 Å². The highest BCUT2D eigenvalue weighted by atomic mass is 35.5. The van der Waals surface area contributed by atoms with Gasteiger partial charge in [-0.3, -0.25) is 9.63 Å². The van der Waals surface area contributed by atoms with Gasteiger partial charge in [0.05, 0.1) is 27.4 Å². The van der Waals surface area contributed by atoms with Crippen molar-refractivity contribution >= 4 is 33.0 Å². The Morgan fingerprint density at radius 1 is 1.06 bits per heavy atom. The van der Waals surface area contributed by atoms with Crippen molar-refractivity contribution in [2.24, 2.45) is 23.7 Å². The standard InChI is InChI=1S/C35H40ClF3N2O5S/c1-4-23(20-46-41(3)19-22-8-6-5-7-9-22)21(2)35(43)17-25-10-11-26(18-35)33(25)47(44,45)31-14-24(12-13-28(31)36)34(42)40-27-15-29(37)32(39)30(38)16-27/h5-9,12-16,21,23,25-26,33,43H,4,10-11,17-20H2,1-3H3,(H,40,42)/t21?,23?,25-,26?,33?,35-/m1/s1. The molecule has 2 saturated carbocycles. The number of hydrogen-bond donors (Lipinski definition) is 2. The van der Waals surface area contributed by atoms with Crippen molar-refractivity contribution in [3.8, 4) is 0 Å². The van der Waals surface area contributed by atoms with Gasteiger partial charge < -0.3 is 10.4 Å². The van der Waals surface area contributed by atoms with Crippen LogP contribution in [0.25, 0.3) is 0 Å². The van der Waals surface area contributed by atoms with E-state index in [1.165, 1.54) is 12.1 Å². The SMILES string of the molecule is CCC(CON(C)Cc1ccccc1)C(C)[C@]1(O)CC2CC[C@H](C1)C2S(=O)(=O)c1cc(C(=O)Nc2cc(F)c(F)c(F)c2)ccc1Cl. The maximum atomic E-state index is 14.2. The Labute approximate surface area is 278 Å². The van der Waals surface area contributed by atoms with Gasteiger partial charge in [-0.25, -0.2) is 21.6 Å². The number of halogens is 4. The largest absolute Gasteiger partial charge is 0.390 e. The summed E-state index contributed by atoms with van der Waals surface area (Å²) in [5.41, 5.74) is -0.390. The molecule has 2 fully saturated rings. The number of nitrogens with zero attached hydrogens (tertiary/aromatic N) is 1. The van der Waals surface area contributed by atoms with Crippen LogP contribution in [0.4, 0.5) is 18.9 Å². The lowest BCUT2D eigenvalue weighted by Gasteiger charge is -2.46. The number of carbonyl (C=O) groups is 1. The predicted octanol–water partition coefficient (Wildman–Crippen LogP) is 7.43. The molecule has 3 aromatic rings. The van der Waals surface area contributed by atoms with Crippen LogP contribution in [0.15, 0.2) is 65.6 Å². The first-order valence-electron chi connectivity index (χ1n) is 15.8. The van der Waals surface area contributed by atoms with Gasteiger partial charge in [0.1, 0.15) is 0 Å². The number of amides is 1. The van der Waals surface area contributed by atoms with Gasteiger partial charge >= 0.3 is 0 Å². The minimum atomic E-state index is -4.05. The number of benzene rings is 3. The molecule has 2 bridgehead atoms. The van der Waals surface area contributed by atoms with Crippen LogP contribution >= 0.6 is 11.6 Å². The number of hydrogen-bond acceptors (Lipinski definition) is 6. The van der Waals surface area contributed by atoms with Crippen LogP contribution in [-0.4, -0.2) is 49.0 Å². The van der Waals surface area contributed by atoms with Crippen molar-refractivity contribution in [1.29, 1.82) is 0 Å². The molecule has 0 spiro atoms. The highest BCUT2D eigenvalue weighted by Gasteiger charge is 2.56. The lowest BCUT2D eigenvalue weighted by Crippen LogP contribution is -2.51. The molecule has 6 atom stereocenters. The molecule has 0 saturated heterocycles. The molecule has 0 aromatic heterocycles. The normalized spacial score (nSPS) is 23.9. The summed E-state index contributed by atoms with van der Waals surface area (Å²) < 4.78 is 69.0. The van der Waals surface area contributed by atoms with Gasteiger partial charge in [-0.1, -0.05) is 62.2 Å². The minimum absolute atomic E-state index is 0.0403. The Kier molecular flexibility index (Phi) is 10.7. The summed E-state index contributed by atoms with van der Waals surface area (Å²) >= 11 is 6.40. The zero-order valence-electron chi connectivity index (χ0n) is 26.6. The Hall–Kier alpha value is -2.96. The quantitative estimate of drug-likeness (QED) is 0.152. The number of hydroxylamine groups is 2. The summed E-state index contributed by atoms with van der Waals surface area (Å²) in [6.07, 6.45) is 2.67. The highest BCUT2D eigenvalue weighted by Crippen LogP contribution is 2.54. The number of anilines is 1. The van der Waals surface area contributed by atoms with Crippen molar-refractivity contribution in [3.05, 3.63) is 94.3 Å². The van der Waals surface area contributed by atoms with Gasteiger partial charge in [-0.2, -0.15) is 5.06 Å². The van der Waals surface area contributed by atoms with E-state index < -0.39 is 44.0 Å². The van der Waals surface area contributed by atoms with E-state index in [-0.39, 0.29) is 44.8 Å². The molecule has 5 rings (SSSR count). The van der Waals surface area contributed by atoms with Crippen molar-refractivity contribution in [1.82, 2.24) is 5.06 Å². The average molecular weight is 693 g/mol. The lowest BCUT2D eigenvalue weighted by atomic mass is 9.67. The summed E-state index contributed by atoms with van der Waals surface area (Å²) in [5, 5.41) is 15.2. The van der Waals surface area contributed by atoms with E-state index in [0.29, 0.717) is 51.0 Å². The molecule has 47 heavy (non-hydrogen) atoms. The molecular weight excluding hydrogens is 653 g/mol. The summed E-state index contributed by atoms with van der Waals surface area (Å²) in [7, 11) is -2.18. The van der Waals surface area contributed by atoms with Crippen molar-refractivity contribution in [2.45, 2.75) is 68.2 Å². The van der Waals surface area contributed by atoms with Crippen LogP contribution in [0.3, 0.4) is 0 Å². The van der Waals surface area contributed by atoms with E-state index >= 15 is 0 Å². The third-order valence-electron chi connectivity index (χ3n) is 10.0. The molecule has 0 aliphatic heterocycles. The topological polar surface area (TPSA) is 95.9 Å². The van der Waals surface area contributed by atoms with Gasteiger partial charge in [0.15, 0.2) is 27.3 Å². The molecule has 4 unspecified atom stereocenters. The number of carbonyl (C=O) groups excluding carboxylic acids is 1. The zero-order valence-corrected chi connectivity index (χ0v) is 28.1. The van der Waals surface area contributed by atoms with Gasteiger partial charge in [0.25, 0.3) is 5.91 Å². The highest BCUT2D eigenvalue weighted by molar-refractivity contribution is 7.92. The average Bonchev–Trinajstić information content (AvgIpc) is 3.33. The van der Waals surface area contributed by atoms with Crippen LogP contribution in [-0.2, 0) is 21.2 Å². The predicted molar refractivity (Wildman–Crippen MR) is 174 cm³/mol. The van der Waals surface area contributed by atoms with Crippen LogP contribution in [0, 0.1) is 41.1 Å². The van der Waals surface area contributed by atoms with Gasteiger partial charge in [-0.15, -0.1) is 0 Å². The number of nitrogens with one attached hydrogen (secondary N) is 1. The summed E-state index contributed by atoms with van der Waals surface area (Å²) in [6.45, 7) is 5.11. The van der Waals surface area contributed by atoms with E-state index in [2.05, 4.69) is 12.2 Å². The fourth-order valence-electron chi connectivity index (χ4n) is 7.45. The number of rotatable bonds is 12. The Balaban J connectivity index is 1.29. The first-order valence-corrected chi connectivity index (χ1v) is 17.8. The number of aliphatic hydroxyl groups is 1. The maximum Gasteiger partial charge on any atom is 0.255 e. The Bertz CT molecular complexity index is 1670. The van der Waals surface area contributed by atoms with Crippen molar-refractivity contribution in [2.75, 3.05) is 19.0 Å². The second kappa shape index (κ2) is 14.3. The van der Waals surface area contributed by atoms with Gasteiger partial charge in [0, 0.05) is 37.0 Å². The van der Waals surface area contributed by atoms with E-state index in [4.69, 9.17) is 16.4 Å². The number of sulfone groups is 1. The zero-order chi connectivity index (χ0) is 34.1. The summed E-state index contributed by atoms with van der Waals surface area (Å²) in [5.74, 6) is -6.21. The summed E-state index contributed by atoms with van der Waals surface area (Å²) in [4.78, 5) is 18.8. The fourth-order valence-corrected chi connectivity index (χ4v) is 10.3. The summed E-state index contributed by atoms with van der Waals surface area (Å²) in [6, 6.07) is 15.0. The molecule has 2 N–H and O–H groups in total. The van der Waals surface area contributed by atoms with Crippen LogP contribution in [0.1, 0.15) is 61.9 Å². The Morgan fingerprint density at radius 3 is 2.28 bits per heavy atom. The van der Waals surface area contributed by atoms with E-state index in [1.54, 1.807) is 5.06 Å². The monoisotopic (exact) mass is 692 g/mol. The molecule has 0 radical (unpaired) electrons. The van der Waals surface area contributed by atoms with Gasteiger partial charge in [-0.05, 0) is 73.1 Å². The molecule has 1 amide bonds. The molecule has 7 nitrogen and oxygen atoms in total. The molecule has 2 aliphatic rings. The van der Waals surface area contributed by atoms with Crippen LogP contribution < -0.4 is 5.32 Å². The van der Waals surface area contributed by atoms with E-state index in [0.717, 1.165) is 18.1 Å². The maximum absolute atomic E-state index is 14.2. The Morgan fingerprint density at radius 2 is 1.68 bits per heavy atom. The van der Waals surface area contributed by atoms with Crippen molar-refractivity contribution < 1.29 is 36.3 Å². The second-order valence-electron chi connectivity index (χ2n) is 13.0. The minimum Gasteiger partial charge on any atom is -0.390 e. The van der Waals surface area contributed by atoms with Crippen molar-refractivity contribution in [3.63, 3.8) is 0 Å². The molecule has 3 aromatic carbocycles. The second-order valence-corrected chi connectivity index (χ2v) is 15.5. The first-order chi connectivity index (χ1) is 22.2. The fraction of sp³-hybridized carbons (Fsp3) is 0.457. The number of fused-ring (bicyclic) bond motifs is 2.